The molecule has 6 heteroatoms. The molecule has 3 N–H and O–H groups in total. The van der Waals surface area contributed by atoms with Gasteiger partial charge in [0, 0.05) is 25.7 Å². The maximum atomic E-state index is 12.1. The van der Waals surface area contributed by atoms with Crippen molar-refractivity contribution >= 4 is 10.2 Å². The molecule has 1 aromatic rings. The maximum Gasteiger partial charge on any atom is 0.279 e. The fourth-order valence-electron chi connectivity index (χ4n) is 1.63. The topological polar surface area (TPSA) is 75.4 Å². The second-order valence-electron chi connectivity index (χ2n) is 5.17. The molecular weight excluding hydrogens is 286 g/mol. The van der Waals surface area contributed by atoms with E-state index in [9.17, 15) is 8.42 Å². The average molecular weight is 309 g/mol. The SMILES string of the molecule is CC(C)CNS(=O)(=O)N(C)Cc1ccccc1C#CCN. The Morgan fingerprint density at radius 2 is 2.00 bits per heavy atom. The van der Waals surface area contributed by atoms with Crippen LogP contribution in [0.2, 0.25) is 0 Å². The molecule has 1 aromatic carbocycles. The first-order chi connectivity index (χ1) is 9.86. The standard InChI is InChI=1S/C15H23N3O2S/c1-13(2)11-17-21(19,20)18(3)12-15-8-5-4-7-14(15)9-6-10-16/h4-5,7-8,13,17H,10-12,16H2,1-3H3. The highest BCUT2D eigenvalue weighted by molar-refractivity contribution is 7.87. The van der Waals surface area contributed by atoms with Crippen LogP contribution in [0.3, 0.4) is 0 Å². The van der Waals surface area contributed by atoms with E-state index in [2.05, 4.69) is 16.6 Å². The number of rotatable bonds is 6. The molecule has 0 spiro atoms. The zero-order valence-electron chi connectivity index (χ0n) is 12.8. The van der Waals surface area contributed by atoms with Gasteiger partial charge in [0.2, 0.25) is 0 Å². The summed E-state index contributed by atoms with van der Waals surface area (Å²) in [5.41, 5.74) is 7.03. The third-order valence-electron chi connectivity index (χ3n) is 2.82. The minimum absolute atomic E-state index is 0.260. The molecule has 1 rings (SSSR count). The van der Waals surface area contributed by atoms with E-state index in [1.165, 1.54) is 4.31 Å². The van der Waals surface area contributed by atoms with E-state index in [0.717, 1.165) is 11.1 Å². The normalized spacial score (nSPS) is 11.5. The van der Waals surface area contributed by atoms with E-state index >= 15 is 0 Å². The highest BCUT2D eigenvalue weighted by atomic mass is 32.2. The van der Waals surface area contributed by atoms with E-state index < -0.39 is 10.2 Å². The van der Waals surface area contributed by atoms with Crippen molar-refractivity contribution < 1.29 is 8.42 Å². The summed E-state index contributed by atoms with van der Waals surface area (Å²) in [4.78, 5) is 0. The lowest BCUT2D eigenvalue weighted by Crippen LogP contribution is -2.39. The predicted octanol–water partition coefficient (Wildman–Crippen LogP) is 0.919. The molecule has 0 aliphatic heterocycles. The minimum Gasteiger partial charge on any atom is -0.320 e. The summed E-state index contributed by atoms with van der Waals surface area (Å²) in [5.74, 6) is 6.01. The van der Waals surface area contributed by atoms with Gasteiger partial charge in [-0.2, -0.15) is 12.7 Å². The van der Waals surface area contributed by atoms with Gasteiger partial charge >= 0.3 is 0 Å². The van der Waals surface area contributed by atoms with Gasteiger partial charge in [0.25, 0.3) is 10.2 Å². The van der Waals surface area contributed by atoms with E-state index in [-0.39, 0.29) is 19.0 Å². The summed E-state index contributed by atoms with van der Waals surface area (Å²) in [6.45, 7) is 4.88. The molecule has 5 nitrogen and oxygen atoms in total. The Morgan fingerprint density at radius 3 is 2.62 bits per heavy atom. The number of nitrogens with one attached hydrogen (secondary N) is 1. The molecule has 0 radical (unpaired) electrons. The van der Waals surface area contributed by atoms with Crippen molar-refractivity contribution in [2.45, 2.75) is 20.4 Å². The van der Waals surface area contributed by atoms with Gasteiger partial charge in [-0.05, 0) is 17.5 Å². The molecule has 0 aromatic heterocycles. The number of benzene rings is 1. The second kappa shape index (κ2) is 8.15. The van der Waals surface area contributed by atoms with Crippen molar-refractivity contribution in [3.63, 3.8) is 0 Å². The van der Waals surface area contributed by atoms with Crippen LogP contribution in [0.1, 0.15) is 25.0 Å². The molecule has 0 aliphatic rings. The van der Waals surface area contributed by atoms with E-state index in [0.29, 0.717) is 6.54 Å². The first-order valence-electron chi connectivity index (χ1n) is 6.84. The third-order valence-corrected chi connectivity index (χ3v) is 4.30. The minimum atomic E-state index is -3.48. The van der Waals surface area contributed by atoms with Gasteiger partial charge in [-0.25, -0.2) is 4.72 Å². The predicted molar refractivity (Wildman–Crippen MR) is 85.6 cm³/mol. The first-order valence-corrected chi connectivity index (χ1v) is 8.28. The Morgan fingerprint density at radius 1 is 1.33 bits per heavy atom. The van der Waals surface area contributed by atoms with Crippen molar-refractivity contribution in [2.24, 2.45) is 11.7 Å². The molecule has 0 heterocycles. The average Bonchev–Trinajstić information content (AvgIpc) is 2.44. The van der Waals surface area contributed by atoms with Gasteiger partial charge in [0.1, 0.15) is 0 Å². The fourth-order valence-corrected chi connectivity index (χ4v) is 2.71. The zero-order valence-corrected chi connectivity index (χ0v) is 13.6. The number of hydrogen-bond donors (Lipinski definition) is 2. The van der Waals surface area contributed by atoms with Gasteiger partial charge in [0.15, 0.2) is 0 Å². The Labute approximate surface area is 127 Å². The lowest BCUT2D eigenvalue weighted by atomic mass is 10.1. The maximum absolute atomic E-state index is 12.1. The molecule has 0 aliphatic carbocycles. The van der Waals surface area contributed by atoms with Gasteiger partial charge in [-0.3, -0.25) is 0 Å². The van der Waals surface area contributed by atoms with Crippen LogP contribution in [0.4, 0.5) is 0 Å². The Kier molecular flexibility index (Phi) is 6.85. The van der Waals surface area contributed by atoms with Crippen molar-refractivity contribution in [2.75, 3.05) is 20.1 Å². The smallest absolute Gasteiger partial charge is 0.279 e. The van der Waals surface area contributed by atoms with E-state index in [4.69, 9.17) is 5.73 Å². The van der Waals surface area contributed by atoms with Crippen LogP contribution in [-0.2, 0) is 16.8 Å². The van der Waals surface area contributed by atoms with Crippen LogP contribution >= 0.6 is 0 Å². The number of nitrogens with zero attached hydrogens (tertiary/aromatic N) is 1. The molecular formula is C15H23N3O2S. The fraction of sp³-hybridized carbons (Fsp3) is 0.467. The summed E-state index contributed by atoms with van der Waals surface area (Å²) in [6.07, 6.45) is 0. The molecule has 116 valence electrons. The molecule has 0 amide bonds. The molecule has 0 fully saturated rings. The quantitative estimate of drug-likeness (QED) is 0.767. The van der Waals surface area contributed by atoms with Gasteiger partial charge in [0.05, 0.1) is 6.54 Å². The zero-order chi connectivity index (χ0) is 15.9. The number of hydrogen-bond acceptors (Lipinski definition) is 3. The molecule has 0 saturated heterocycles. The lowest BCUT2D eigenvalue weighted by molar-refractivity contribution is 0.449. The Bertz CT molecular complexity index is 615. The summed E-state index contributed by atoms with van der Waals surface area (Å²) >= 11 is 0. The van der Waals surface area contributed by atoms with Crippen LogP contribution in [0, 0.1) is 17.8 Å². The Hall–Kier alpha value is -1.39. The molecule has 0 bridgehead atoms. The largest absolute Gasteiger partial charge is 0.320 e. The summed E-state index contributed by atoms with van der Waals surface area (Å²) in [7, 11) is -1.93. The first kappa shape index (κ1) is 17.7. The third kappa shape index (κ3) is 5.86. The second-order valence-corrected chi connectivity index (χ2v) is 7.03. The van der Waals surface area contributed by atoms with Crippen LogP contribution in [0.5, 0.6) is 0 Å². The molecule has 0 unspecified atom stereocenters. The van der Waals surface area contributed by atoms with Crippen LogP contribution in [-0.4, -0.2) is 32.9 Å². The van der Waals surface area contributed by atoms with Crippen molar-refractivity contribution in [3.05, 3.63) is 35.4 Å². The highest BCUT2D eigenvalue weighted by Gasteiger charge is 2.18. The molecule has 0 saturated carbocycles. The number of nitrogens with two attached hydrogens (primary N) is 1. The van der Waals surface area contributed by atoms with Crippen molar-refractivity contribution in [1.29, 1.82) is 0 Å². The summed E-state index contributed by atoms with van der Waals surface area (Å²) in [6, 6.07) is 7.47. The highest BCUT2D eigenvalue weighted by Crippen LogP contribution is 2.11. The van der Waals surface area contributed by atoms with Crippen LogP contribution in [0.15, 0.2) is 24.3 Å². The summed E-state index contributed by atoms with van der Waals surface area (Å²) < 4.78 is 28.1. The lowest BCUT2D eigenvalue weighted by Gasteiger charge is -2.19. The van der Waals surface area contributed by atoms with Gasteiger partial charge in [-0.1, -0.05) is 43.9 Å². The summed E-state index contributed by atoms with van der Waals surface area (Å²) in [5, 5.41) is 0. The Balaban J connectivity index is 2.86. The van der Waals surface area contributed by atoms with Crippen molar-refractivity contribution in [1.82, 2.24) is 9.03 Å². The van der Waals surface area contributed by atoms with Crippen LogP contribution in [0.25, 0.3) is 0 Å². The van der Waals surface area contributed by atoms with Crippen LogP contribution < -0.4 is 10.5 Å². The van der Waals surface area contributed by atoms with Crippen molar-refractivity contribution in [3.8, 4) is 11.8 Å². The molecule has 21 heavy (non-hydrogen) atoms. The van der Waals surface area contributed by atoms with E-state index in [1.54, 1.807) is 7.05 Å². The molecule has 0 atom stereocenters. The van der Waals surface area contributed by atoms with E-state index in [1.807, 2.05) is 38.1 Å². The van der Waals surface area contributed by atoms with Gasteiger partial charge < -0.3 is 5.73 Å². The van der Waals surface area contributed by atoms with Gasteiger partial charge in [-0.15, -0.1) is 0 Å². The monoisotopic (exact) mass is 309 g/mol.